The van der Waals surface area contributed by atoms with Crippen molar-refractivity contribution in [3.8, 4) is 11.5 Å². The predicted molar refractivity (Wildman–Crippen MR) is 152 cm³/mol. The summed E-state index contributed by atoms with van der Waals surface area (Å²) < 4.78 is 11.4. The van der Waals surface area contributed by atoms with Crippen LogP contribution in [0.5, 0.6) is 11.5 Å². The van der Waals surface area contributed by atoms with Gasteiger partial charge in [-0.15, -0.1) is 0 Å². The normalized spacial score (nSPS) is 10.8. The van der Waals surface area contributed by atoms with Crippen molar-refractivity contribution in [1.82, 2.24) is 4.98 Å². The Balaban J connectivity index is 1.31. The number of ether oxygens (including phenoxy) is 2. The summed E-state index contributed by atoms with van der Waals surface area (Å²) in [5.74, 6) is 0.781. The highest BCUT2D eigenvalue weighted by Gasteiger charge is 2.15. The van der Waals surface area contributed by atoms with Crippen LogP contribution in [-0.4, -0.2) is 24.6 Å². The van der Waals surface area contributed by atoms with Gasteiger partial charge in [-0.25, -0.2) is 0 Å². The van der Waals surface area contributed by atoms with Crippen molar-refractivity contribution in [2.75, 3.05) is 19.0 Å². The summed E-state index contributed by atoms with van der Waals surface area (Å²) in [6.07, 6.45) is 15.1. The smallest absolute Gasteiger partial charge is 0.255 e. The molecule has 1 heterocycles. The monoisotopic (exact) mass is 542 g/mol. The van der Waals surface area contributed by atoms with Crippen LogP contribution in [0.15, 0.2) is 60.9 Å². The Kier molecular flexibility index (Phi) is 12.6. The number of nitrogens with zero attached hydrogens (tertiary/aromatic N) is 1. The number of aryl methyl sites for hydroxylation is 1. The number of hydrogen-bond acceptors (Lipinski definition) is 4. The minimum atomic E-state index is -0.345. The van der Waals surface area contributed by atoms with Crippen LogP contribution in [0, 0.1) is 0 Å². The maximum absolute atomic E-state index is 12.7. The van der Waals surface area contributed by atoms with E-state index >= 15 is 0 Å². The van der Waals surface area contributed by atoms with Crippen LogP contribution in [0.4, 0.5) is 5.69 Å². The fourth-order valence-electron chi connectivity index (χ4n) is 4.14. The van der Waals surface area contributed by atoms with Crippen LogP contribution < -0.4 is 14.8 Å². The molecule has 0 aliphatic rings. The van der Waals surface area contributed by atoms with Crippen molar-refractivity contribution >= 4 is 34.8 Å². The van der Waals surface area contributed by atoms with Crippen molar-refractivity contribution in [3.63, 3.8) is 0 Å². The summed E-state index contributed by atoms with van der Waals surface area (Å²) in [6.45, 7) is 0.572. The molecule has 0 radical (unpaired) electrons. The number of nitrogens with one attached hydrogen (secondary N) is 1. The number of carbonyl (C=O) groups excluding carboxylic acids is 1. The quantitative estimate of drug-likeness (QED) is 0.184. The minimum Gasteiger partial charge on any atom is -0.493 e. The summed E-state index contributed by atoms with van der Waals surface area (Å²) in [5.41, 5.74) is 2.19. The number of hydrogen-bond donors (Lipinski definition) is 1. The van der Waals surface area contributed by atoms with E-state index in [2.05, 4.69) is 40.6 Å². The van der Waals surface area contributed by atoms with E-state index in [9.17, 15) is 4.79 Å². The molecule has 37 heavy (non-hydrogen) atoms. The average Bonchev–Trinajstić information content (AvgIpc) is 2.91. The summed E-state index contributed by atoms with van der Waals surface area (Å²) in [4.78, 5) is 16.6. The molecule has 7 heteroatoms. The van der Waals surface area contributed by atoms with Crippen LogP contribution in [0.2, 0.25) is 10.0 Å². The molecular weight excluding hydrogens is 507 g/mol. The highest BCUT2D eigenvalue weighted by molar-refractivity contribution is 6.39. The number of carbonyl (C=O) groups is 1. The molecule has 3 rings (SSSR count). The highest BCUT2D eigenvalue weighted by Crippen LogP contribution is 2.31. The molecule has 0 atom stereocenters. The molecule has 1 aromatic heterocycles. The lowest BCUT2D eigenvalue weighted by Crippen LogP contribution is -2.13. The van der Waals surface area contributed by atoms with Crippen molar-refractivity contribution in [1.29, 1.82) is 0 Å². The molecule has 0 spiro atoms. The maximum Gasteiger partial charge on any atom is 0.255 e. The van der Waals surface area contributed by atoms with E-state index in [1.165, 1.54) is 69.3 Å². The summed E-state index contributed by atoms with van der Waals surface area (Å²) in [6, 6.07) is 15.8. The lowest BCUT2D eigenvalue weighted by molar-refractivity contribution is 0.102. The lowest BCUT2D eigenvalue weighted by Gasteiger charge is -2.13. The van der Waals surface area contributed by atoms with E-state index in [0.717, 1.165) is 12.8 Å². The van der Waals surface area contributed by atoms with Crippen molar-refractivity contribution in [2.45, 2.75) is 64.2 Å². The van der Waals surface area contributed by atoms with Gasteiger partial charge in [-0.05, 0) is 43.0 Å². The minimum absolute atomic E-state index is 0.272. The second kappa shape index (κ2) is 16.2. The molecule has 0 aliphatic heterocycles. The van der Waals surface area contributed by atoms with Gasteiger partial charge in [0.1, 0.15) is 0 Å². The number of methoxy groups -OCH3 is 1. The number of halogens is 2. The number of benzene rings is 2. The van der Waals surface area contributed by atoms with E-state index in [0.29, 0.717) is 29.4 Å². The Morgan fingerprint density at radius 3 is 2.08 bits per heavy atom. The molecule has 0 saturated heterocycles. The van der Waals surface area contributed by atoms with E-state index in [-0.39, 0.29) is 16.0 Å². The molecule has 198 valence electrons. The first-order valence-corrected chi connectivity index (χ1v) is 13.8. The molecule has 1 amide bonds. The average molecular weight is 544 g/mol. The van der Waals surface area contributed by atoms with Crippen molar-refractivity contribution in [3.05, 3.63) is 82.1 Å². The zero-order valence-electron chi connectivity index (χ0n) is 21.5. The summed E-state index contributed by atoms with van der Waals surface area (Å²) >= 11 is 12.2. The van der Waals surface area contributed by atoms with Gasteiger partial charge < -0.3 is 14.8 Å². The van der Waals surface area contributed by atoms with Gasteiger partial charge in [0.2, 0.25) is 0 Å². The molecule has 2 aromatic carbocycles. The molecule has 5 nitrogen and oxygen atoms in total. The Bertz CT molecular complexity index is 1090. The Hall–Kier alpha value is -2.76. The van der Waals surface area contributed by atoms with Crippen LogP contribution in [0.3, 0.4) is 0 Å². The third-order valence-corrected chi connectivity index (χ3v) is 6.80. The number of rotatable bonds is 16. The van der Waals surface area contributed by atoms with Gasteiger partial charge in [0.15, 0.2) is 11.5 Å². The zero-order chi connectivity index (χ0) is 26.3. The predicted octanol–water partition coefficient (Wildman–Crippen LogP) is 8.78. The van der Waals surface area contributed by atoms with Crippen LogP contribution in [0.1, 0.15) is 73.7 Å². The Morgan fingerprint density at radius 2 is 1.43 bits per heavy atom. The largest absolute Gasteiger partial charge is 0.493 e. The first-order chi connectivity index (χ1) is 18.1. The van der Waals surface area contributed by atoms with Crippen molar-refractivity contribution < 1.29 is 14.3 Å². The Morgan fingerprint density at radius 1 is 0.811 bits per heavy atom. The first kappa shape index (κ1) is 28.8. The standard InChI is InChI=1S/C30H36Cl2N2O3/c1-36-27-18-17-24(30(35)34-29-25(31)21-33-22-26(29)32)20-28(27)37-19-13-8-6-4-2-3-5-7-10-14-23-15-11-9-12-16-23/h9,11-12,15-18,20-22H,2-8,10,13-14,19H2,1H3,(H,33,34,35). The molecule has 3 aromatic rings. The molecular formula is C30H36Cl2N2O3. The third-order valence-electron chi connectivity index (χ3n) is 6.23. The number of anilines is 1. The van der Waals surface area contributed by atoms with Gasteiger partial charge in [0.25, 0.3) is 5.91 Å². The van der Waals surface area contributed by atoms with Gasteiger partial charge in [0, 0.05) is 18.0 Å². The van der Waals surface area contributed by atoms with E-state index in [1.807, 2.05) is 0 Å². The lowest BCUT2D eigenvalue weighted by atomic mass is 10.0. The van der Waals surface area contributed by atoms with Gasteiger partial charge in [-0.3, -0.25) is 9.78 Å². The number of unbranched alkanes of at least 4 members (excludes halogenated alkanes) is 8. The zero-order valence-corrected chi connectivity index (χ0v) is 23.0. The van der Waals surface area contributed by atoms with Gasteiger partial charge in [0.05, 0.1) is 29.4 Å². The topological polar surface area (TPSA) is 60.5 Å². The third kappa shape index (κ3) is 9.90. The SMILES string of the molecule is COc1ccc(C(=O)Nc2c(Cl)cncc2Cl)cc1OCCCCCCCCCCCc1ccccc1. The summed E-state index contributed by atoms with van der Waals surface area (Å²) in [5, 5.41) is 3.28. The van der Waals surface area contributed by atoms with E-state index < -0.39 is 0 Å². The fraction of sp³-hybridized carbons (Fsp3) is 0.400. The van der Waals surface area contributed by atoms with Crippen LogP contribution in [-0.2, 0) is 6.42 Å². The van der Waals surface area contributed by atoms with Crippen LogP contribution in [0.25, 0.3) is 0 Å². The maximum atomic E-state index is 12.7. The van der Waals surface area contributed by atoms with Gasteiger partial charge in [-0.2, -0.15) is 0 Å². The number of pyridine rings is 1. The highest BCUT2D eigenvalue weighted by atomic mass is 35.5. The first-order valence-electron chi connectivity index (χ1n) is 13.0. The molecule has 0 unspecified atom stereocenters. The van der Waals surface area contributed by atoms with Crippen molar-refractivity contribution in [2.24, 2.45) is 0 Å². The molecule has 0 bridgehead atoms. The second-order valence-electron chi connectivity index (χ2n) is 9.06. The van der Waals surface area contributed by atoms with Gasteiger partial charge >= 0.3 is 0 Å². The van der Waals surface area contributed by atoms with E-state index in [4.69, 9.17) is 32.7 Å². The molecule has 0 aliphatic carbocycles. The summed E-state index contributed by atoms with van der Waals surface area (Å²) in [7, 11) is 1.58. The number of amides is 1. The molecule has 0 saturated carbocycles. The van der Waals surface area contributed by atoms with E-state index in [1.54, 1.807) is 25.3 Å². The number of aromatic nitrogens is 1. The molecule has 1 N–H and O–H groups in total. The van der Waals surface area contributed by atoms with Gasteiger partial charge in [-0.1, -0.05) is 98.5 Å². The second-order valence-corrected chi connectivity index (χ2v) is 9.88. The van der Waals surface area contributed by atoms with Crippen LogP contribution >= 0.6 is 23.2 Å². The Labute approximate surface area is 230 Å². The fourth-order valence-corrected chi connectivity index (χ4v) is 4.60. The molecule has 0 fully saturated rings.